The van der Waals surface area contributed by atoms with Gasteiger partial charge in [-0.1, -0.05) is 17.7 Å². The molecule has 0 radical (unpaired) electrons. The molecule has 0 aliphatic rings. The molecule has 0 spiro atoms. The van der Waals surface area contributed by atoms with Crippen molar-refractivity contribution in [3.8, 4) is 0 Å². The summed E-state index contributed by atoms with van der Waals surface area (Å²) in [6.45, 7) is 2.02. The fourth-order valence-corrected chi connectivity index (χ4v) is 2.29. The number of rotatable bonds is 3. The minimum Gasteiger partial charge on any atom is -0.399 e. The molecule has 4 nitrogen and oxygen atoms in total. The maximum Gasteiger partial charge on any atom is 0.257 e. The van der Waals surface area contributed by atoms with Crippen molar-refractivity contribution in [2.45, 2.75) is 6.92 Å². The van der Waals surface area contributed by atoms with Crippen LogP contribution in [0.15, 0.2) is 36.4 Å². The quantitative estimate of drug-likeness (QED) is 0.853. The molecule has 0 fully saturated rings. The molecule has 0 saturated heterocycles. The standard InChI is InChI=1S/C16H18ClN3O/c1-10-4-6-12(9-15(10)20(2)3)19-16(21)13-8-11(18)5-7-14(13)17/h4-9H,18H2,1-3H3,(H,19,21). The van der Waals surface area contributed by atoms with Gasteiger partial charge in [-0.05, 0) is 42.8 Å². The van der Waals surface area contributed by atoms with Gasteiger partial charge < -0.3 is 16.0 Å². The van der Waals surface area contributed by atoms with Crippen molar-refractivity contribution in [3.63, 3.8) is 0 Å². The molecule has 0 atom stereocenters. The van der Waals surface area contributed by atoms with E-state index in [1.165, 1.54) is 0 Å². The van der Waals surface area contributed by atoms with Crippen molar-refractivity contribution in [3.05, 3.63) is 52.5 Å². The van der Waals surface area contributed by atoms with E-state index < -0.39 is 0 Å². The molecule has 0 bridgehead atoms. The van der Waals surface area contributed by atoms with Crippen molar-refractivity contribution >= 4 is 34.6 Å². The Bertz CT molecular complexity index is 683. The molecule has 1 amide bonds. The number of halogens is 1. The summed E-state index contributed by atoms with van der Waals surface area (Å²) in [4.78, 5) is 14.3. The molecule has 2 rings (SSSR count). The Morgan fingerprint density at radius 2 is 1.90 bits per heavy atom. The molecule has 2 aromatic carbocycles. The maximum atomic E-state index is 12.3. The number of hydrogen-bond donors (Lipinski definition) is 2. The molecular formula is C16H18ClN3O. The Labute approximate surface area is 129 Å². The van der Waals surface area contributed by atoms with E-state index in [9.17, 15) is 4.79 Å². The van der Waals surface area contributed by atoms with E-state index in [2.05, 4.69) is 5.32 Å². The lowest BCUT2D eigenvalue weighted by molar-refractivity contribution is 0.102. The van der Waals surface area contributed by atoms with Gasteiger partial charge in [-0.15, -0.1) is 0 Å². The van der Waals surface area contributed by atoms with Gasteiger partial charge in [0.1, 0.15) is 0 Å². The predicted octanol–water partition coefficient (Wildman–Crippen LogP) is 3.55. The van der Waals surface area contributed by atoms with E-state index in [0.29, 0.717) is 22.0 Å². The van der Waals surface area contributed by atoms with Crippen molar-refractivity contribution in [2.75, 3.05) is 30.0 Å². The van der Waals surface area contributed by atoms with Crippen LogP contribution < -0.4 is 16.0 Å². The lowest BCUT2D eigenvalue weighted by Crippen LogP contribution is -2.15. The lowest BCUT2D eigenvalue weighted by atomic mass is 10.1. The van der Waals surface area contributed by atoms with Gasteiger partial charge in [0.25, 0.3) is 5.91 Å². The van der Waals surface area contributed by atoms with Gasteiger partial charge in [0.15, 0.2) is 0 Å². The van der Waals surface area contributed by atoms with Crippen molar-refractivity contribution in [1.82, 2.24) is 0 Å². The Balaban J connectivity index is 2.27. The van der Waals surface area contributed by atoms with Gasteiger partial charge in [-0.25, -0.2) is 0 Å². The molecule has 0 heterocycles. The molecule has 110 valence electrons. The first-order chi connectivity index (χ1) is 9.88. The molecule has 0 aromatic heterocycles. The third-order valence-corrected chi connectivity index (χ3v) is 3.51. The van der Waals surface area contributed by atoms with E-state index in [0.717, 1.165) is 11.3 Å². The van der Waals surface area contributed by atoms with Crippen LogP contribution in [0.25, 0.3) is 0 Å². The van der Waals surface area contributed by atoms with Crippen molar-refractivity contribution < 1.29 is 4.79 Å². The highest BCUT2D eigenvalue weighted by molar-refractivity contribution is 6.34. The first-order valence-corrected chi connectivity index (χ1v) is 6.90. The maximum absolute atomic E-state index is 12.3. The number of anilines is 3. The van der Waals surface area contributed by atoms with Crippen molar-refractivity contribution in [1.29, 1.82) is 0 Å². The Morgan fingerprint density at radius 1 is 1.19 bits per heavy atom. The largest absolute Gasteiger partial charge is 0.399 e. The molecule has 0 aliphatic heterocycles. The normalized spacial score (nSPS) is 10.3. The van der Waals surface area contributed by atoms with Gasteiger partial charge in [-0.3, -0.25) is 4.79 Å². The average Bonchev–Trinajstić information content (AvgIpc) is 2.43. The first-order valence-electron chi connectivity index (χ1n) is 6.53. The van der Waals surface area contributed by atoms with Gasteiger partial charge in [-0.2, -0.15) is 0 Å². The number of carbonyl (C=O) groups is 1. The number of nitrogen functional groups attached to an aromatic ring is 1. The number of nitrogens with zero attached hydrogens (tertiary/aromatic N) is 1. The Kier molecular flexibility index (Phi) is 4.38. The second-order valence-electron chi connectivity index (χ2n) is 5.09. The van der Waals surface area contributed by atoms with E-state index >= 15 is 0 Å². The zero-order chi connectivity index (χ0) is 15.6. The summed E-state index contributed by atoms with van der Waals surface area (Å²) in [6, 6.07) is 10.6. The number of aryl methyl sites for hydroxylation is 1. The summed E-state index contributed by atoms with van der Waals surface area (Å²) in [7, 11) is 3.92. The second kappa shape index (κ2) is 6.06. The van der Waals surface area contributed by atoms with Crippen LogP contribution in [0, 0.1) is 6.92 Å². The van der Waals surface area contributed by atoms with Gasteiger partial charge in [0.05, 0.1) is 10.6 Å². The highest BCUT2D eigenvalue weighted by Crippen LogP contribution is 2.24. The first kappa shape index (κ1) is 15.2. The summed E-state index contributed by atoms with van der Waals surface area (Å²) in [5, 5.41) is 3.22. The summed E-state index contributed by atoms with van der Waals surface area (Å²) in [5.41, 5.74) is 9.47. The molecule has 3 N–H and O–H groups in total. The predicted molar refractivity (Wildman–Crippen MR) is 89.3 cm³/mol. The zero-order valence-electron chi connectivity index (χ0n) is 12.3. The molecule has 0 unspecified atom stereocenters. The highest BCUT2D eigenvalue weighted by atomic mass is 35.5. The summed E-state index contributed by atoms with van der Waals surface area (Å²) in [5.74, 6) is -0.277. The minimum atomic E-state index is -0.277. The number of nitrogens with one attached hydrogen (secondary N) is 1. The van der Waals surface area contributed by atoms with Crippen LogP contribution in [-0.2, 0) is 0 Å². The molecule has 5 heteroatoms. The van der Waals surface area contributed by atoms with E-state index in [-0.39, 0.29) is 5.91 Å². The van der Waals surface area contributed by atoms with Gasteiger partial charge in [0, 0.05) is 31.2 Å². The number of benzene rings is 2. The third-order valence-electron chi connectivity index (χ3n) is 3.18. The monoisotopic (exact) mass is 303 g/mol. The summed E-state index contributed by atoms with van der Waals surface area (Å²) >= 11 is 6.04. The van der Waals surface area contributed by atoms with Crippen LogP contribution in [0.5, 0.6) is 0 Å². The topological polar surface area (TPSA) is 58.4 Å². The molecular weight excluding hydrogens is 286 g/mol. The van der Waals surface area contributed by atoms with Crippen molar-refractivity contribution in [2.24, 2.45) is 0 Å². The molecule has 0 saturated carbocycles. The van der Waals surface area contributed by atoms with E-state index in [4.69, 9.17) is 17.3 Å². The number of nitrogens with two attached hydrogens (primary N) is 1. The third kappa shape index (κ3) is 3.47. The molecule has 2 aromatic rings. The molecule has 0 aliphatic carbocycles. The fraction of sp³-hybridized carbons (Fsp3) is 0.188. The average molecular weight is 304 g/mol. The smallest absolute Gasteiger partial charge is 0.257 e. The van der Waals surface area contributed by atoms with E-state index in [1.54, 1.807) is 18.2 Å². The van der Waals surface area contributed by atoms with Crippen LogP contribution in [-0.4, -0.2) is 20.0 Å². The summed E-state index contributed by atoms with van der Waals surface area (Å²) < 4.78 is 0. The zero-order valence-corrected chi connectivity index (χ0v) is 13.0. The van der Waals surface area contributed by atoms with Crippen LogP contribution in [0.2, 0.25) is 5.02 Å². The number of amides is 1. The number of hydrogen-bond acceptors (Lipinski definition) is 3. The Morgan fingerprint density at radius 3 is 2.57 bits per heavy atom. The van der Waals surface area contributed by atoms with Crippen LogP contribution in [0.1, 0.15) is 15.9 Å². The summed E-state index contributed by atoms with van der Waals surface area (Å²) in [6.07, 6.45) is 0. The fourth-order valence-electron chi connectivity index (χ4n) is 2.08. The second-order valence-corrected chi connectivity index (χ2v) is 5.50. The molecule has 21 heavy (non-hydrogen) atoms. The van der Waals surface area contributed by atoms with E-state index in [1.807, 2.05) is 44.1 Å². The number of carbonyl (C=O) groups excluding carboxylic acids is 1. The van der Waals surface area contributed by atoms with Gasteiger partial charge >= 0.3 is 0 Å². The Hall–Kier alpha value is -2.20. The van der Waals surface area contributed by atoms with Crippen LogP contribution in [0.4, 0.5) is 17.1 Å². The minimum absolute atomic E-state index is 0.277. The lowest BCUT2D eigenvalue weighted by Gasteiger charge is -2.17. The highest BCUT2D eigenvalue weighted by Gasteiger charge is 2.12. The van der Waals surface area contributed by atoms with Crippen LogP contribution in [0.3, 0.4) is 0 Å². The van der Waals surface area contributed by atoms with Gasteiger partial charge in [0.2, 0.25) is 0 Å². The van der Waals surface area contributed by atoms with Crippen LogP contribution >= 0.6 is 11.6 Å². The SMILES string of the molecule is Cc1ccc(NC(=O)c2cc(N)ccc2Cl)cc1N(C)C.